The van der Waals surface area contributed by atoms with Gasteiger partial charge in [-0.3, -0.25) is 4.90 Å². The largest absolute Gasteiger partial charge is 0.444 e. The van der Waals surface area contributed by atoms with E-state index in [-0.39, 0.29) is 48.8 Å². The molecule has 2 fully saturated rings. The maximum absolute atomic E-state index is 12.5. The summed E-state index contributed by atoms with van der Waals surface area (Å²) in [7, 11) is -3.02. The fraction of sp³-hybridized carbons (Fsp3) is 0.652. The maximum Gasteiger partial charge on any atom is 0.410 e. The number of hydrogen-bond acceptors (Lipinski definition) is 6. The Morgan fingerprint density at radius 3 is 2.06 bits per heavy atom. The van der Waals surface area contributed by atoms with Crippen LogP contribution >= 0.6 is 0 Å². The van der Waals surface area contributed by atoms with Gasteiger partial charge in [0.1, 0.15) is 5.60 Å². The Morgan fingerprint density at radius 1 is 1.00 bits per heavy atom. The van der Waals surface area contributed by atoms with Crippen LogP contribution in [0.5, 0.6) is 0 Å². The van der Waals surface area contributed by atoms with Gasteiger partial charge < -0.3 is 19.9 Å². The van der Waals surface area contributed by atoms with E-state index < -0.39 is 15.4 Å². The quantitative estimate of drug-likeness (QED) is 0.714. The summed E-state index contributed by atoms with van der Waals surface area (Å²) in [4.78, 5) is 30.5. The Bertz CT molecular complexity index is 932. The number of benzene rings is 1. The fourth-order valence-corrected chi connectivity index (χ4v) is 5.37. The standard InChI is InChI=1S/C23H36N4O5S/c1-17-14-26(22(29)32-23(3,4)5)15-18(2)27(17)16-19-6-8-20(9-7-19)24-21(28)25-10-12-33(30,31)13-11-25/h6-9,17-18H,10-16H2,1-5H3,(H,24,28)/t17-,18+. The number of hydrogen-bond donors (Lipinski definition) is 1. The van der Waals surface area contributed by atoms with Gasteiger partial charge in [-0.05, 0) is 52.3 Å². The summed E-state index contributed by atoms with van der Waals surface area (Å²) in [5, 5.41) is 2.84. The van der Waals surface area contributed by atoms with E-state index in [4.69, 9.17) is 4.74 Å². The van der Waals surface area contributed by atoms with E-state index in [1.807, 2.05) is 45.0 Å². The summed E-state index contributed by atoms with van der Waals surface area (Å²) in [5.41, 5.74) is 1.28. The predicted molar refractivity (Wildman–Crippen MR) is 128 cm³/mol. The molecule has 10 heteroatoms. The molecule has 2 aliphatic heterocycles. The zero-order chi connectivity index (χ0) is 24.4. The molecule has 2 heterocycles. The molecule has 33 heavy (non-hydrogen) atoms. The molecule has 0 aromatic heterocycles. The number of nitrogens with one attached hydrogen (secondary N) is 1. The van der Waals surface area contributed by atoms with Gasteiger partial charge in [0.2, 0.25) is 0 Å². The normalized spacial score (nSPS) is 23.8. The fourth-order valence-electron chi connectivity index (χ4n) is 4.17. The second-order valence-electron chi connectivity index (χ2n) is 10.0. The summed E-state index contributed by atoms with van der Waals surface area (Å²) < 4.78 is 28.6. The van der Waals surface area contributed by atoms with Gasteiger partial charge in [0, 0.05) is 50.5 Å². The highest BCUT2D eigenvalue weighted by atomic mass is 32.2. The van der Waals surface area contributed by atoms with E-state index in [9.17, 15) is 18.0 Å². The van der Waals surface area contributed by atoms with Gasteiger partial charge in [0.15, 0.2) is 9.84 Å². The number of amides is 3. The van der Waals surface area contributed by atoms with Crippen molar-refractivity contribution in [1.29, 1.82) is 0 Å². The smallest absolute Gasteiger partial charge is 0.410 e. The lowest BCUT2D eigenvalue weighted by Crippen LogP contribution is -2.58. The molecule has 1 aromatic rings. The molecule has 2 saturated heterocycles. The van der Waals surface area contributed by atoms with Crippen molar-refractivity contribution in [2.24, 2.45) is 0 Å². The summed E-state index contributed by atoms with van der Waals surface area (Å²) in [5.74, 6) is 0.0217. The first-order valence-electron chi connectivity index (χ1n) is 11.4. The van der Waals surface area contributed by atoms with Crippen LogP contribution < -0.4 is 5.32 Å². The second kappa shape index (κ2) is 9.89. The average molecular weight is 481 g/mol. The third-order valence-corrected chi connectivity index (χ3v) is 7.56. The zero-order valence-electron chi connectivity index (χ0n) is 20.2. The van der Waals surface area contributed by atoms with Gasteiger partial charge in [-0.1, -0.05) is 12.1 Å². The van der Waals surface area contributed by atoms with Crippen molar-refractivity contribution in [2.75, 3.05) is 43.0 Å². The molecule has 9 nitrogen and oxygen atoms in total. The number of sulfone groups is 1. The van der Waals surface area contributed by atoms with E-state index in [2.05, 4.69) is 24.1 Å². The molecule has 0 spiro atoms. The molecule has 2 aliphatic rings. The van der Waals surface area contributed by atoms with Crippen LogP contribution in [0.2, 0.25) is 0 Å². The Balaban J connectivity index is 1.53. The minimum absolute atomic E-state index is 0.0108. The van der Waals surface area contributed by atoms with Crippen molar-refractivity contribution in [3.8, 4) is 0 Å². The molecule has 1 N–H and O–H groups in total. The molecule has 1 aromatic carbocycles. The third-order valence-electron chi connectivity index (χ3n) is 5.96. The molecule has 0 radical (unpaired) electrons. The number of rotatable bonds is 3. The topological polar surface area (TPSA) is 99.3 Å². The lowest BCUT2D eigenvalue weighted by atomic mass is 10.1. The summed E-state index contributed by atoms with van der Waals surface area (Å²) in [6, 6.07) is 7.76. The zero-order valence-corrected chi connectivity index (χ0v) is 21.0. The molecule has 3 amide bonds. The van der Waals surface area contributed by atoms with Crippen molar-refractivity contribution >= 4 is 27.6 Å². The summed E-state index contributed by atoms with van der Waals surface area (Å²) in [6.45, 7) is 12.2. The average Bonchev–Trinajstić information content (AvgIpc) is 2.70. The minimum Gasteiger partial charge on any atom is -0.444 e. The van der Waals surface area contributed by atoms with Gasteiger partial charge in [-0.25, -0.2) is 18.0 Å². The molecule has 0 bridgehead atoms. The van der Waals surface area contributed by atoms with Crippen LogP contribution in [0, 0.1) is 0 Å². The van der Waals surface area contributed by atoms with Gasteiger partial charge in [0.25, 0.3) is 0 Å². The molecule has 3 rings (SSSR count). The molecule has 2 atom stereocenters. The molecule has 0 unspecified atom stereocenters. The molecular formula is C23H36N4O5S. The lowest BCUT2D eigenvalue weighted by Gasteiger charge is -2.44. The molecule has 0 saturated carbocycles. The molecule has 0 aliphatic carbocycles. The van der Waals surface area contributed by atoms with Crippen LogP contribution in [0.15, 0.2) is 24.3 Å². The van der Waals surface area contributed by atoms with Crippen LogP contribution in [0.25, 0.3) is 0 Å². The predicted octanol–water partition coefficient (Wildman–Crippen LogP) is 2.78. The Morgan fingerprint density at radius 2 is 1.55 bits per heavy atom. The first kappa shape index (κ1) is 25.3. The number of piperazine rings is 1. The molecule has 184 valence electrons. The van der Waals surface area contributed by atoms with E-state index in [1.54, 1.807) is 4.90 Å². The Hall–Kier alpha value is -2.33. The second-order valence-corrected chi connectivity index (χ2v) is 12.3. The van der Waals surface area contributed by atoms with Crippen LogP contribution in [-0.2, 0) is 21.1 Å². The Kier molecular flexibility index (Phi) is 7.58. The van der Waals surface area contributed by atoms with Gasteiger partial charge >= 0.3 is 12.1 Å². The number of ether oxygens (including phenoxy) is 1. The third kappa shape index (κ3) is 7.07. The van der Waals surface area contributed by atoms with E-state index >= 15 is 0 Å². The van der Waals surface area contributed by atoms with Crippen molar-refractivity contribution in [1.82, 2.24) is 14.7 Å². The van der Waals surface area contributed by atoms with Crippen LogP contribution in [0.3, 0.4) is 0 Å². The first-order chi connectivity index (χ1) is 15.3. The number of carbonyl (C=O) groups excluding carboxylic acids is 2. The number of urea groups is 1. The lowest BCUT2D eigenvalue weighted by molar-refractivity contribution is -0.00967. The minimum atomic E-state index is -3.02. The highest BCUT2D eigenvalue weighted by molar-refractivity contribution is 7.91. The van der Waals surface area contributed by atoms with E-state index in [0.717, 1.165) is 12.1 Å². The van der Waals surface area contributed by atoms with Crippen LogP contribution in [0.4, 0.5) is 15.3 Å². The van der Waals surface area contributed by atoms with Crippen molar-refractivity contribution in [2.45, 2.75) is 58.8 Å². The monoisotopic (exact) mass is 480 g/mol. The van der Waals surface area contributed by atoms with Crippen molar-refractivity contribution in [3.63, 3.8) is 0 Å². The van der Waals surface area contributed by atoms with Crippen molar-refractivity contribution < 1.29 is 22.7 Å². The van der Waals surface area contributed by atoms with Gasteiger partial charge in [0.05, 0.1) is 11.5 Å². The summed E-state index contributed by atoms with van der Waals surface area (Å²) >= 11 is 0. The van der Waals surface area contributed by atoms with Crippen molar-refractivity contribution in [3.05, 3.63) is 29.8 Å². The van der Waals surface area contributed by atoms with Crippen LogP contribution in [-0.4, -0.2) is 90.6 Å². The number of nitrogens with zero attached hydrogens (tertiary/aromatic N) is 3. The highest BCUT2D eigenvalue weighted by Crippen LogP contribution is 2.22. The summed E-state index contributed by atoms with van der Waals surface area (Å²) in [6.07, 6.45) is -0.271. The SMILES string of the molecule is C[C@@H]1CN(C(=O)OC(C)(C)C)C[C@H](C)N1Cc1ccc(NC(=O)N2CCS(=O)(=O)CC2)cc1. The molecular weight excluding hydrogens is 444 g/mol. The highest BCUT2D eigenvalue weighted by Gasteiger charge is 2.34. The van der Waals surface area contributed by atoms with Crippen LogP contribution in [0.1, 0.15) is 40.2 Å². The van der Waals surface area contributed by atoms with Gasteiger partial charge in [-0.15, -0.1) is 0 Å². The van der Waals surface area contributed by atoms with E-state index in [0.29, 0.717) is 18.8 Å². The first-order valence-corrected chi connectivity index (χ1v) is 13.2. The Labute approximate surface area is 197 Å². The van der Waals surface area contributed by atoms with E-state index in [1.165, 1.54) is 4.90 Å². The van der Waals surface area contributed by atoms with Gasteiger partial charge in [-0.2, -0.15) is 0 Å². The number of carbonyl (C=O) groups is 2. The maximum atomic E-state index is 12.5. The number of anilines is 1.